The smallest absolute Gasteiger partial charge is 0.255 e. The van der Waals surface area contributed by atoms with Crippen LogP contribution in [0, 0.1) is 5.82 Å². The third kappa shape index (κ3) is 6.73. The quantitative estimate of drug-likeness (QED) is 0.282. The molecule has 0 bridgehead atoms. The van der Waals surface area contributed by atoms with Gasteiger partial charge in [0.25, 0.3) is 5.91 Å². The Morgan fingerprint density at radius 2 is 1.83 bits per heavy atom. The zero-order valence-corrected chi connectivity index (χ0v) is 21.3. The third-order valence-corrected chi connectivity index (χ3v) is 7.30. The number of sulfonamides is 1. The fourth-order valence-corrected chi connectivity index (χ4v) is 4.84. The molecule has 3 rings (SSSR count). The summed E-state index contributed by atoms with van der Waals surface area (Å²) in [7, 11) is -4.26. The highest BCUT2D eigenvalue weighted by Gasteiger charge is 2.28. The number of ether oxygens (including phenoxy) is 1. The van der Waals surface area contributed by atoms with Gasteiger partial charge in [-0.1, -0.05) is 35.3 Å². The fourth-order valence-electron chi connectivity index (χ4n) is 3.13. The largest absolute Gasteiger partial charge is 0.504 e. The van der Waals surface area contributed by atoms with Crippen LogP contribution in [0.15, 0.2) is 70.7 Å². The van der Waals surface area contributed by atoms with Crippen LogP contribution in [0.25, 0.3) is 0 Å². The van der Waals surface area contributed by atoms with Gasteiger partial charge in [-0.25, -0.2) is 18.2 Å². The highest BCUT2D eigenvalue weighted by atomic mass is 35.5. The maximum Gasteiger partial charge on any atom is 0.255 e. The minimum atomic E-state index is -4.26. The van der Waals surface area contributed by atoms with E-state index in [-0.39, 0.29) is 32.5 Å². The van der Waals surface area contributed by atoms with E-state index in [1.165, 1.54) is 42.6 Å². The number of benzene rings is 3. The van der Waals surface area contributed by atoms with Gasteiger partial charge in [0.05, 0.1) is 24.3 Å². The first-order valence-electron chi connectivity index (χ1n) is 10.6. The van der Waals surface area contributed by atoms with Crippen molar-refractivity contribution in [3.05, 3.63) is 87.7 Å². The van der Waals surface area contributed by atoms with Crippen LogP contribution < -0.4 is 10.2 Å². The van der Waals surface area contributed by atoms with E-state index in [1.807, 2.05) is 0 Å². The standard InChI is InChI=1S/C24H22Cl2FN3O5S/c1-2-35-22-8-3-5-16(24(22)32)13-28-29-23(31)15-30(14-19-20(26)6-4-7-21(19)27)36(33,34)18-11-9-17(25)10-12-18/h3-13,32H,2,14-15H2,1H3,(H,29,31)/b28-13-. The number of phenolic OH excluding ortho intramolecular Hbond substituents is 1. The molecule has 0 aliphatic heterocycles. The number of nitrogens with zero attached hydrogens (tertiary/aromatic N) is 2. The number of hydrazone groups is 1. The molecule has 0 fully saturated rings. The second-order valence-electron chi connectivity index (χ2n) is 7.35. The molecule has 1 amide bonds. The molecule has 190 valence electrons. The van der Waals surface area contributed by atoms with E-state index in [1.54, 1.807) is 25.1 Å². The van der Waals surface area contributed by atoms with Crippen LogP contribution in [0.4, 0.5) is 4.39 Å². The van der Waals surface area contributed by atoms with E-state index in [2.05, 4.69) is 10.5 Å². The number of para-hydroxylation sites is 1. The van der Waals surface area contributed by atoms with Crippen LogP contribution >= 0.6 is 23.2 Å². The molecule has 0 radical (unpaired) electrons. The number of rotatable bonds is 10. The summed E-state index contributed by atoms with van der Waals surface area (Å²) in [6.45, 7) is 0.899. The number of amides is 1. The summed E-state index contributed by atoms with van der Waals surface area (Å²) in [6, 6.07) is 14.0. The molecule has 0 aliphatic carbocycles. The van der Waals surface area contributed by atoms with Gasteiger partial charge in [0, 0.05) is 27.7 Å². The van der Waals surface area contributed by atoms with Gasteiger partial charge in [-0.15, -0.1) is 0 Å². The first-order chi connectivity index (χ1) is 17.1. The lowest BCUT2D eigenvalue weighted by Crippen LogP contribution is -2.39. The first-order valence-corrected chi connectivity index (χ1v) is 12.8. The van der Waals surface area contributed by atoms with Gasteiger partial charge in [0.2, 0.25) is 10.0 Å². The molecule has 0 unspecified atom stereocenters. The molecule has 0 atom stereocenters. The van der Waals surface area contributed by atoms with Crippen LogP contribution in [0.3, 0.4) is 0 Å². The zero-order valence-electron chi connectivity index (χ0n) is 19.0. The Labute approximate surface area is 218 Å². The van der Waals surface area contributed by atoms with Crippen molar-refractivity contribution in [1.82, 2.24) is 9.73 Å². The van der Waals surface area contributed by atoms with Crippen molar-refractivity contribution >= 4 is 45.3 Å². The highest BCUT2D eigenvalue weighted by Crippen LogP contribution is 2.28. The minimum Gasteiger partial charge on any atom is -0.504 e. The molecular weight excluding hydrogens is 532 g/mol. The predicted molar refractivity (Wildman–Crippen MR) is 135 cm³/mol. The monoisotopic (exact) mass is 553 g/mol. The van der Waals surface area contributed by atoms with Crippen molar-refractivity contribution in [2.75, 3.05) is 13.2 Å². The first kappa shape index (κ1) is 27.4. The molecule has 36 heavy (non-hydrogen) atoms. The molecule has 0 aromatic heterocycles. The zero-order chi connectivity index (χ0) is 26.3. The van der Waals surface area contributed by atoms with Crippen LogP contribution in [-0.2, 0) is 21.4 Å². The lowest BCUT2D eigenvalue weighted by atomic mass is 10.2. The van der Waals surface area contributed by atoms with Gasteiger partial charge in [0.15, 0.2) is 11.5 Å². The molecule has 0 heterocycles. The van der Waals surface area contributed by atoms with Gasteiger partial charge < -0.3 is 9.84 Å². The van der Waals surface area contributed by atoms with Crippen molar-refractivity contribution in [2.24, 2.45) is 5.10 Å². The predicted octanol–water partition coefficient (Wildman–Crippen LogP) is 4.58. The summed E-state index contributed by atoms with van der Waals surface area (Å²) in [4.78, 5) is 12.5. The Bertz CT molecular complexity index is 1350. The summed E-state index contributed by atoms with van der Waals surface area (Å²) in [6.07, 6.45) is 1.18. The summed E-state index contributed by atoms with van der Waals surface area (Å²) in [5.41, 5.74) is 2.39. The number of hydrogen-bond donors (Lipinski definition) is 2. The Hall–Kier alpha value is -3.18. The number of hydrogen-bond acceptors (Lipinski definition) is 6. The summed E-state index contributed by atoms with van der Waals surface area (Å²) < 4.78 is 47.1. The Balaban J connectivity index is 1.83. The number of aromatic hydroxyl groups is 1. The van der Waals surface area contributed by atoms with E-state index in [9.17, 15) is 22.7 Å². The second kappa shape index (κ2) is 12.2. The molecule has 0 aliphatic rings. The van der Waals surface area contributed by atoms with Crippen molar-refractivity contribution in [3.63, 3.8) is 0 Å². The molecule has 8 nitrogen and oxygen atoms in total. The van der Waals surface area contributed by atoms with Crippen LogP contribution in [0.2, 0.25) is 10.0 Å². The van der Waals surface area contributed by atoms with Gasteiger partial charge in [-0.05, 0) is 55.5 Å². The van der Waals surface area contributed by atoms with Gasteiger partial charge in [-0.2, -0.15) is 9.41 Å². The SMILES string of the molecule is CCOc1cccc(/C=N\NC(=O)CN(Cc2c(F)cccc2Cl)S(=O)(=O)c2ccc(Cl)cc2)c1O. The summed E-state index contributed by atoms with van der Waals surface area (Å²) in [5, 5.41) is 14.3. The number of halogens is 3. The molecule has 0 saturated heterocycles. The van der Waals surface area contributed by atoms with Gasteiger partial charge >= 0.3 is 0 Å². The molecule has 0 spiro atoms. The molecule has 12 heteroatoms. The number of phenols is 1. The lowest BCUT2D eigenvalue weighted by Gasteiger charge is -2.22. The van der Waals surface area contributed by atoms with Crippen molar-refractivity contribution < 1.29 is 27.4 Å². The highest BCUT2D eigenvalue weighted by molar-refractivity contribution is 7.89. The third-order valence-electron chi connectivity index (χ3n) is 4.89. The average Bonchev–Trinajstić information content (AvgIpc) is 2.83. The van der Waals surface area contributed by atoms with Gasteiger partial charge in [-0.3, -0.25) is 4.79 Å². The van der Waals surface area contributed by atoms with E-state index in [0.29, 0.717) is 11.6 Å². The Kier molecular flexibility index (Phi) is 9.27. The lowest BCUT2D eigenvalue weighted by molar-refractivity contribution is -0.121. The molecule has 3 aromatic rings. The van der Waals surface area contributed by atoms with E-state index in [0.717, 1.165) is 10.4 Å². The molecule has 0 saturated carbocycles. The van der Waals surface area contributed by atoms with E-state index in [4.69, 9.17) is 27.9 Å². The second-order valence-corrected chi connectivity index (χ2v) is 10.1. The fraction of sp³-hybridized carbons (Fsp3) is 0.167. The van der Waals surface area contributed by atoms with E-state index < -0.39 is 34.8 Å². The van der Waals surface area contributed by atoms with Crippen LogP contribution in [0.5, 0.6) is 11.5 Å². The normalized spacial score (nSPS) is 11.7. The Morgan fingerprint density at radius 1 is 1.14 bits per heavy atom. The molecule has 2 N–H and O–H groups in total. The minimum absolute atomic E-state index is 0.00869. The Morgan fingerprint density at radius 3 is 2.50 bits per heavy atom. The molecular formula is C24H22Cl2FN3O5S. The maximum absolute atomic E-state index is 14.4. The maximum atomic E-state index is 14.4. The number of carbonyl (C=O) groups excluding carboxylic acids is 1. The summed E-state index contributed by atoms with van der Waals surface area (Å²) >= 11 is 12.0. The number of nitrogens with one attached hydrogen (secondary N) is 1. The topological polar surface area (TPSA) is 108 Å². The van der Waals surface area contributed by atoms with Crippen molar-refractivity contribution in [1.29, 1.82) is 0 Å². The summed E-state index contributed by atoms with van der Waals surface area (Å²) in [5.74, 6) is -1.45. The van der Waals surface area contributed by atoms with Crippen molar-refractivity contribution in [3.8, 4) is 11.5 Å². The van der Waals surface area contributed by atoms with E-state index >= 15 is 0 Å². The number of carbonyl (C=O) groups is 1. The van der Waals surface area contributed by atoms with Gasteiger partial charge in [0.1, 0.15) is 5.82 Å². The van der Waals surface area contributed by atoms with Crippen LogP contribution in [-0.4, -0.2) is 43.1 Å². The molecule has 3 aromatic carbocycles. The van der Waals surface area contributed by atoms with Crippen molar-refractivity contribution in [2.45, 2.75) is 18.4 Å². The average molecular weight is 554 g/mol. The van der Waals surface area contributed by atoms with Crippen LogP contribution in [0.1, 0.15) is 18.1 Å².